The Balaban J connectivity index is 1.81. The summed E-state index contributed by atoms with van der Waals surface area (Å²) >= 11 is 0. The third-order valence-corrected chi connectivity index (χ3v) is 5.94. The Morgan fingerprint density at radius 1 is 1.03 bits per heavy atom. The number of aryl methyl sites for hydroxylation is 1. The van der Waals surface area contributed by atoms with Crippen molar-refractivity contribution in [2.75, 3.05) is 13.7 Å². The number of para-hydroxylation sites is 1. The Bertz CT molecular complexity index is 1480. The summed E-state index contributed by atoms with van der Waals surface area (Å²) in [5.41, 5.74) is 3.83. The first-order valence-corrected chi connectivity index (χ1v) is 10.2. The van der Waals surface area contributed by atoms with Gasteiger partial charge in [0.2, 0.25) is 0 Å². The molecule has 0 spiro atoms. The lowest BCUT2D eigenvalue weighted by atomic mass is 9.95. The highest BCUT2D eigenvalue weighted by Crippen LogP contribution is 2.41. The highest BCUT2D eigenvalue weighted by Gasteiger charge is 2.41. The van der Waals surface area contributed by atoms with E-state index in [0.717, 1.165) is 21.8 Å². The van der Waals surface area contributed by atoms with Crippen LogP contribution in [0.15, 0.2) is 54.9 Å². The number of aromatic amines is 1. The minimum atomic E-state index is -0.388. The number of carbonyl (C=O) groups excluding carboxylic acids is 2. The Kier molecular flexibility index (Phi) is 4.56. The first-order chi connectivity index (χ1) is 15.5. The fraction of sp³-hybridized carbons (Fsp3) is 0.160. The molecule has 4 aromatic rings. The number of nitriles is 1. The molecule has 2 aromatic carbocycles. The molecule has 1 aliphatic rings. The van der Waals surface area contributed by atoms with Gasteiger partial charge in [0, 0.05) is 58.9 Å². The van der Waals surface area contributed by atoms with Gasteiger partial charge in [-0.05, 0) is 24.3 Å². The normalized spacial score (nSPS) is 14.1. The smallest absolute Gasteiger partial charge is 0.262 e. The number of methoxy groups -OCH3 is 1. The number of rotatable bonds is 5. The molecule has 0 aliphatic carbocycles. The summed E-state index contributed by atoms with van der Waals surface area (Å²) in [6.07, 6.45) is 3.72. The van der Waals surface area contributed by atoms with Crippen LogP contribution in [0.5, 0.6) is 5.75 Å². The van der Waals surface area contributed by atoms with E-state index in [1.807, 2.05) is 66.3 Å². The van der Waals surface area contributed by atoms with Crippen LogP contribution in [0, 0.1) is 11.3 Å². The van der Waals surface area contributed by atoms with Gasteiger partial charge < -0.3 is 14.3 Å². The lowest BCUT2D eigenvalue weighted by Gasteiger charge is -2.12. The lowest BCUT2D eigenvalue weighted by molar-refractivity contribution is -0.135. The number of hydrogen-bond donors (Lipinski definition) is 1. The van der Waals surface area contributed by atoms with Gasteiger partial charge in [-0.25, -0.2) is 0 Å². The molecule has 7 heteroatoms. The van der Waals surface area contributed by atoms with E-state index >= 15 is 0 Å². The summed E-state index contributed by atoms with van der Waals surface area (Å²) in [4.78, 5) is 31.4. The number of benzene rings is 2. The quantitative estimate of drug-likeness (QED) is 0.493. The number of fused-ring (bicyclic) bond motifs is 2. The minimum Gasteiger partial charge on any atom is -0.497 e. The molecule has 2 amide bonds. The van der Waals surface area contributed by atoms with Crippen molar-refractivity contribution in [1.82, 2.24) is 14.5 Å². The Morgan fingerprint density at radius 2 is 1.78 bits per heavy atom. The highest BCUT2D eigenvalue weighted by molar-refractivity contribution is 6.50. The summed E-state index contributed by atoms with van der Waals surface area (Å²) in [6.45, 7) is 0.0532. The molecule has 1 N–H and O–H groups in total. The van der Waals surface area contributed by atoms with Crippen LogP contribution < -0.4 is 4.74 Å². The van der Waals surface area contributed by atoms with Gasteiger partial charge in [0.05, 0.1) is 30.7 Å². The van der Waals surface area contributed by atoms with Gasteiger partial charge in [0.15, 0.2) is 0 Å². The van der Waals surface area contributed by atoms with Gasteiger partial charge >= 0.3 is 0 Å². The molecule has 0 bridgehead atoms. The molecule has 0 unspecified atom stereocenters. The average Bonchev–Trinajstić information content (AvgIpc) is 3.44. The largest absolute Gasteiger partial charge is 0.497 e. The maximum absolute atomic E-state index is 13.6. The number of hydrogen-bond acceptors (Lipinski definition) is 4. The predicted octanol–water partition coefficient (Wildman–Crippen LogP) is 3.86. The maximum atomic E-state index is 13.6. The van der Waals surface area contributed by atoms with Crippen LogP contribution in [0.25, 0.3) is 33.0 Å². The van der Waals surface area contributed by atoms with E-state index in [9.17, 15) is 9.59 Å². The monoisotopic (exact) mass is 424 g/mol. The zero-order chi connectivity index (χ0) is 22.4. The van der Waals surface area contributed by atoms with Gasteiger partial charge in [-0.3, -0.25) is 14.5 Å². The average molecular weight is 424 g/mol. The summed E-state index contributed by atoms with van der Waals surface area (Å²) in [5, 5.41) is 10.7. The fourth-order valence-electron chi connectivity index (χ4n) is 4.42. The molecule has 0 saturated carbocycles. The van der Waals surface area contributed by atoms with Crippen LogP contribution in [0.1, 0.15) is 17.5 Å². The first kappa shape index (κ1) is 19.6. The molecule has 2 aromatic heterocycles. The Labute approximate surface area is 184 Å². The van der Waals surface area contributed by atoms with Crippen molar-refractivity contribution in [3.63, 3.8) is 0 Å². The number of amides is 2. The molecule has 0 atom stereocenters. The standard InChI is InChI=1S/C25H20N4O3/c1-28-14-19(17-12-15(32-2)8-9-21(17)28)23-22(24(30)29(25(23)31)11-5-10-26)18-13-27-20-7-4-3-6-16(18)20/h3-4,6-9,12-14,27H,5,11H2,1-2H3. The van der Waals surface area contributed by atoms with Crippen molar-refractivity contribution < 1.29 is 14.3 Å². The molecule has 0 radical (unpaired) electrons. The Hall–Kier alpha value is -4.31. The van der Waals surface area contributed by atoms with Crippen LogP contribution in [0.4, 0.5) is 0 Å². The van der Waals surface area contributed by atoms with Crippen LogP contribution in [0.3, 0.4) is 0 Å². The summed E-state index contributed by atoms with van der Waals surface area (Å²) in [5.74, 6) is -0.108. The topological polar surface area (TPSA) is 91.1 Å². The number of H-pyrrole nitrogens is 1. The molecule has 5 rings (SSSR count). The fourth-order valence-corrected chi connectivity index (χ4v) is 4.42. The van der Waals surface area contributed by atoms with E-state index in [0.29, 0.717) is 28.0 Å². The summed E-state index contributed by atoms with van der Waals surface area (Å²) in [7, 11) is 3.49. The van der Waals surface area contributed by atoms with Gasteiger partial charge in [0.1, 0.15) is 5.75 Å². The van der Waals surface area contributed by atoms with E-state index in [1.54, 1.807) is 13.3 Å². The SMILES string of the molecule is COc1ccc2c(c1)c(C1=C(c3c[nH]c4ccccc34)C(=O)N(CCC#N)C1=O)cn2C. The number of aromatic nitrogens is 2. The van der Waals surface area contributed by atoms with Crippen LogP contribution in [-0.2, 0) is 16.6 Å². The predicted molar refractivity (Wildman–Crippen MR) is 122 cm³/mol. The number of imide groups is 1. The number of ether oxygens (including phenoxy) is 1. The molecule has 0 fully saturated rings. The van der Waals surface area contributed by atoms with Crippen LogP contribution >= 0.6 is 0 Å². The number of nitrogens with zero attached hydrogens (tertiary/aromatic N) is 3. The zero-order valence-corrected chi connectivity index (χ0v) is 17.7. The molecular weight excluding hydrogens is 404 g/mol. The number of nitrogens with one attached hydrogen (secondary N) is 1. The van der Waals surface area contributed by atoms with E-state index in [-0.39, 0.29) is 24.8 Å². The van der Waals surface area contributed by atoms with Gasteiger partial charge in [-0.1, -0.05) is 18.2 Å². The van der Waals surface area contributed by atoms with Crippen molar-refractivity contribution in [3.8, 4) is 11.8 Å². The summed E-state index contributed by atoms with van der Waals surface area (Å²) in [6, 6.07) is 15.4. The zero-order valence-electron chi connectivity index (χ0n) is 17.7. The van der Waals surface area contributed by atoms with Crippen LogP contribution in [0.2, 0.25) is 0 Å². The van der Waals surface area contributed by atoms with Crippen molar-refractivity contribution in [2.24, 2.45) is 7.05 Å². The lowest BCUT2D eigenvalue weighted by Crippen LogP contribution is -2.32. The second kappa shape index (κ2) is 7.43. The molecule has 3 heterocycles. The third-order valence-electron chi connectivity index (χ3n) is 5.94. The van der Waals surface area contributed by atoms with Crippen molar-refractivity contribution >= 4 is 44.8 Å². The number of carbonyl (C=O) groups is 2. The highest BCUT2D eigenvalue weighted by atomic mass is 16.5. The molecule has 1 aliphatic heterocycles. The van der Waals surface area contributed by atoms with E-state index in [2.05, 4.69) is 4.98 Å². The van der Waals surface area contributed by atoms with E-state index in [4.69, 9.17) is 10.00 Å². The van der Waals surface area contributed by atoms with Gasteiger partial charge in [-0.15, -0.1) is 0 Å². The molecule has 32 heavy (non-hydrogen) atoms. The molecule has 0 saturated heterocycles. The summed E-state index contributed by atoms with van der Waals surface area (Å²) < 4.78 is 7.33. The van der Waals surface area contributed by atoms with Gasteiger partial charge in [0.25, 0.3) is 11.8 Å². The van der Waals surface area contributed by atoms with Crippen molar-refractivity contribution in [1.29, 1.82) is 5.26 Å². The van der Waals surface area contributed by atoms with Crippen molar-refractivity contribution in [2.45, 2.75) is 6.42 Å². The first-order valence-electron chi connectivity index (χ1n) is 10.2. The minimum absolute atomic E-state index is 0.0532. The van der Waals surface area contributed by atoms with Crippen LogP contribution in [-0.4, -0.2) is 39.9 Å². The molecule has 7 nitrogen and oxygen atoms in total. The Morgan fingerprint density at radius 3 is 2.53 bits per heavy atom. The van der Waals surface area contributed by atoms with E-state index < -0.39 is 0 Å². The van der Waals surface area contributed by atoms with Crippen molar-refractivity contribution in [3.05, 3.63) is 66.0 Å². The second-order valence-corrected chi connectivity index (χ2v) is 7.70. The van der Waals surface area contributed by atoms with Gasteiger partial charge in [-0.2, -0.15) is 5.26 Å². The maximum Gasteiger partial charge on any atom is 0.262 e. The van der Waals surface area contributed by atoms with E-state index in [1.165, 1.54) is 4.90 Å². The second-order valence-electron chi connectivity index (χ2n) is 7.70. The molecular formula is C25H20N4O3. The molecule has 158 valence electrons. The third kappa shape index (κ3) is 2.81.